The molecule has 7 aromatic rings. The molecule has 7 aliphatic rings. The van der Waals surface area contributed by atoms with Crippen molar-refractivity contribution in [2.75, 3.05) is 62.9 Å². The first-order chi connectivity index (χ1) is 61.8. The van der Waals surface area contributed by atoms with E-state index in [0.717, 1.165) is 57.3 Å². The van der Waals surface area contributed by atoms with Crippen LogP contribution in [0.15, 0.2) is 102 Å². The number of benzene rings is 4. The summed E-state index contributed by atoms with van der Waals surface area (Å²) in [7, 11) is -1.53. The number of carbonyl (C=O) groups is 10. The summed E-state index contributed by atoms with van der Waals surface area (Å²) in [5.74, 6) is -3.45. The average molecular weight is 1790 g/mol. The van der Waals surface area contributed by atoms with E-state index in [1.165, 1.54) is 17.0 Å². The molecule has 4 aromatic carbocycles. The number of imide groups is 1. The second kappa shape index (κ2) is 41.8. The number of likely N-dealkylation sites (tertiary alicyclic amines) is 1. The number of carbonyl (C=O) groups excluding carboxylic acids is 10. The largest absolute Gasteiger partial charge is 0.458 e. The molecule has 2 bridgehead atoms. The third-order valence-corrected chi connectivity index (χ3v) is 35.5. The summed E-state index contributed by atoms with van der Waals surface area (Å²) in [6.45, 7) is 27.2. The van der Waals surface area contributed by atoms with Crippen LogP contribution < -0.4 is 42.8 Å². The maximum atomic E-state index is 14.9. The molecule has 3 aromatic heterocycles. The highest BCUT2D eigenvalue weighted by Crippen LogP contribution is 2.59. The van der Waals surface area contributed by atoms with Gasteiger partial charge in [-0.05, 0) is 149 Å². The number of unbranched alkanes of at least 4 members (excludes halogenated alkanes) is 1. The van der Waals surface area contributed by atoms with Crippen LogP contribution in [-0.4, -0.2) is 167 Å². The molecular formula is C98H126FN13O16Si. The number of hydrogen-bond donors (Lipinski definition) is 7. The van der Waals surface area contributed by atoms with Crippen molar-refractivity contribution in [3.63, 3.8) is 0 Å². The highest BCUT2D eigenvalue weighted by molar-refractivity contribution is 6.83. The van der Waals surface area contributed by atoms with Crippen LogP contribution in [0, 0.1) is 55.2 Å². The van der Waals surface area contributed by atoms with E-state index in [4.69, 9.17) is 29.7 Å². The molecule has 3 aliphatic carbocycles. The number of halogens is 1. The van der Waals surface area contributed by atoms with E-state index in [9.17, 15) is 62.2 Å². The quantitative estimate of drug-likeness (QED) is 0.00618. The second-order valence-corrected chi connectivity index (χ2v) is 42.9. The number of rotatable bonds is 39. The van der Waals surface area contributed by atoms with E-state index in [2.05, 4.69) is 90.6 Å². The van der Waals surface area contributed by atoms with Crippen molar-refractivity contribution in [1.29, 1.82) is 0 Å². The number of nitrogens with zero attached hydrogens (tertiary/aromatic N) is 7. The average Bonchev–Trinajstić information content (AvgIpc) is 1.60. The molecule has 8 amide bonds. The van der Waals surface area contributed by atoms with Gasteiger partial charge in [-0.25, -0.2) is 23.6 Å². The maximum absolute atomic E-state index is 14.9. The van der Waals surface area contributed by atoms with Crippen molar-refractivity contribution in [3.05, 3.63) is 158 Å². The fraction of sp³-hybridized carbons (Fsp3) is 0.531. The number of aryl methyl sites for hydroxylation is 2. The molecule has 8 atom stereocenters. The number of esters is 1. The van der Waals surface area contributed by atoms with Gasteiger partial charge in [-0.2, -0.15) is 0 Å². The van der Waals surface area contributed by atoms with Crippen molar-refractivity contribution in [1.82, 2.24) is 50.7 Å². The summed E-state index contributed by atoms with van der Waals surface area (Å²) >= 11 is 0. The minimum atomic E-state index is -1.94. The van der Waals surface area contributed by atoms with Crippen LogP contribution in [-0.2, 0) is 100 Å². The van der Waals surface area contributed by atoms with E-state index in [1.54, 1.807) is 53.1 Å². The minimum Gasteiger partial charge on any atom is -0.458 e. The summed E-state index contributed by atoms with van der Waals surface area (Å²) < 4.78 is 40.2. The molecule has 690 valence electrons. The number of Topliss-reactive ketones (excluding diaryl/α,β-unsaturated/α-hetero) is 1. The minimum absolute atomic E-state index is 0.0145. The van der Waals surface area contributed by atoms with Crippen LogP contribution >= 0.6 is 0 Å². The van der Waals surface area contributed by atoms with Crippen LogP contribution in [0.25, 0.3) is 44.8 Å². The monoisotopic (exact) mass is 1790 g/mol. The summed E-state index contributed by atoms with van der Waals surface area (Å²) in [6, 6.07) is 24.8. The number of aliphatic hydroxyl groups is 1. The number of ether oxygens (including phenoxy) is 4. The molecule has 31 heteroatoms. The van der Waals surface area contributed by atoms with E-state index < -0.39 is 49.8 Å². The molecule has 4 unspecified atom stereocenters. The molecule has 1 saturated carbocycles. The first-order valence-electron chi connectivity index (χ1n) is 46.2. The summed E-state index contributed by atoms with van der Waals surface area (Å²) in [5.41, 5.74) is 16.2. The van der Waals surface area contributed by atoms with Crippen LogP contribution in [0.2, 0.25) is 22.7 Å². The number of pyridine rings is 2. The van der Waals surface area contributed by atoms with Crippen LogP contribution in [0.1, 0.15) is 203 Å². The molecule has 0 spiro atoms. The Bertz CT molecular complexity index is 5420. The lowest BCUT2D eigenvalue weighted by Gasteiger charge is -2.43. The fourth-order valence-corrected chi connectivity index (χ4v) is 27.6. The summed E-state index contributed by atoms with van der Waals surface area (Å²) in [5, 5.41) is 35.5. The van der Waals surface area contributed by atoms with E-state index in [-0.39, 0.29) is 198 Å². The van der Waals surface area contributed by atoms with Crippen molar-refractivity contribution >= 4 is 89.5 Å². The lowest BCUT2D eigenvalue weighted by molar-refractivity contribution is -0.172. The van der Waals surface area contributed by atoms with Crippen LogP contribution in [0.3, 0.4) is 0 Å². The number of hydrogen-bond acceptors (Lipinski definition) is 20. The number of cyclic esters (lactones) is 1. The van der Waals surface area contributed by atoms with Gasteiger partial charge in [0.25, 0.3) is 5.56 Å². The highest BCUT2D eigenvalue weighted by atomic mass is 28.3. The van der Waals surface area contributed by atoms with Gasteiger partial charge < -0.3 is 65.8 Å². The molecule has 0 radical (unpaired) electrons. The van der Waals surface area contributed by atoms with Gasteiger partial charge in [0.2, 0.25) is 41.4 Å². The van der Waals surface area contributed by atoms with Gasteiger partial charge >= 0.3 is 12.1 Å². The van der Waals surface area contributed by atoms with Crippen LogP contribution in [0.5, 0.6) is 0 Å². The molecule has 129 heavy (non-hydrogen) atoms. The predicted molar refractivity (Wildman–Crippen MR) is 490 cm³/mol. The number of nitrogens with two attached hydrogens (primary N) is 1. The first-order valence-corrected chi connectivity index (χ1v) is 48.6. The molecule has 2 fully saturated rings. The zero-order chi connectivity index (χ0) is 92.4. The second-order valence-electron chi connectivity index (χ2n) is 36.7. The number of amides is 8. The van der Waals surface area contributed by atoms with E-state index in [1.807, 2.05) is 81.4 Å². The number of aromatic nitrogens is 5. The number of anilines is 2. The van der Waals surface area contributed by atoms with Crippen molar-refractivity contribution < 1.29 is 76.4 Å². The van der Waals surface area contributed by atoms with Gasteiger partial charge in [0.1, 0.15) is 36.0 Å². The Balaban J connectivity index is 0.000000315. The highest BCUT2D eigenvalue weighted by Gasteiger charge is 2.63. The van der Waals surface area contributed by atoms with Gasteiger partial charge in [-0.1, -0.05) is 169 Å². The Morgan fingerprint density at radius 1 is 0.721 bits per heavy atom. The predicted octanol–water partition coefficient (Wildman–Crippen LogP) is 13.0. The number of para-hydroxylation sites is 1. The Morgan fingerprint density at radius 3 is 2.09 bits per heavy atom. The Hall–Kier alpha value is -11.0. The Kier molecular flexibility index (Phi) is 31.0. The molecular weight excluding hydrogens is 1660 g/mol. The van der Waals surface area contributed by atoms with Crippen molar-refractivity contribution in [3.8, 4) is 33.9 Å². The number of alkyl carbamates (subject to hydrolysis) is 1. The fourth-order valence-electron chi connectivity index (χ4n) is 21.1. The van der Waals surface area contributed by atoms with Gasteiger partial charge in [-0.3, -0.25) is 48.1 Å². The standard InChI is InChI=1S/C71H100N10O10Si.C27H26FN3O6/c1-45(2)65(69(87)75-58(23-14-15-35-72)68(86)74-51-27-25-49(9)26-28-51)76-61(84)34-41-91-42-38-81-67-53-20-11-10-18-50(53)44-80(59-24-13-12-21-57(59)66(67)77-78-81)62(85)31-36-73-60(83)33-40-90-39-16-19-52(82)32-37-79-70(88)63-55-29-30-56(64(63)71(79)89)54(55)22-17-43-92(46(3)4,47(5)6)48(7)8;1-4-27(35)16-8-20-23-14(10-31(20)24(32)15(16)11-37-25(27)33)22-18(30-26(34)36-5-2)7-6-13-12(3)17(28)9-19(29-23)21(13)22/h10-13,18,20-21,24-30,45-48,54-56,58,63-65H,14-17,19,22-23,31-44,72H2,1-9H3,(H,73,83)(H,74,86)(H,75,87)(H,76,84);8-9,18,35H,4-7,10-11H2,1-3H3,(H,30,34)/t54?,55?,56?,58-,63?,64?,65-;18-,27-/m00/s1. The number of allylic oxidation sites excluding steroid dienone is 2. The molecule has 7 heterocycles. The van der Waals surface area contributed by atoms with E-state index >= 15 is 0 Å². The molecule has 8 N–H and O–H groups in total. The summed E-state index contributed by atoms with van der Waals surface area (Å²) in [6.07, 6.45) is 9.74. The van der Waals surface area contributed by atoms with Crippen molar-refractivity contribution in [2.45, 2.75) is 246 Å². The van der Waals surface area contributed by atoms with Crippen LogP contribution in [0.4, 0.5) is 20.6 Å². The number of fused-ring (bicyclic) bond motifs is 15. The third-order valence-electron chi connectivity index (χ3n) is 27.8. The smallest absolute Gasteiger partial charge is 0.407 e. The molecule has 14 rings (SSSR count). The zero-order valence-corrected chi connectivity index (χ0v) is 77.4. The lowest BCUT2D eigenvalue weighted by Crippen LogP contribution is -2.54. The van der Waals surface area contributed by atoms with Gasteiger partial charge in [0.15, 0.2) is 5.60 Å². The molecule has 1 saturated heterocycles. The normalized spacial score (nSPS) is 19.5. The topological polar surface area (TPSA) is 386 Å². The van der Waals surface area contributed by atoms with Crippen molar-refractivity contribution in [2.24, 2.45) is 41.2 Å². The number of nitrogens with one attached hydrogen (secondary N) is 5. The summed E-state index contributed by atoms with van der Waals surface area (Å²) in [4.78, 5) is 154. The lowest BCUT2D eigenvalue weighted by atomic mass is 9.81. The van der Waals surface area contributed by atoms with Gasteiger partial charge in [0.05, 0.1) is 106 Å². The zero-order valence-electron chi connectivity index (χ0n) is 76.4. The van der Waals surface area contributed by atoms with Gasteiger partial charge in [0, 0.05) is 91.2 Å². The molecule has 4 aliphatic heterocycles. The third kappa shape index (κ3) is 20.2. The SMILES string of the molecule is CCOC(=O)N[C@H]1CCc2c(C)c(F)cc3nc4c(c1c23)Cn1c-4cc2c(c1=O)COC(=O)[C@]2(O)CC.Cc1ccc(NC(=O)[C@H](CCCCN)NC(=O)[C@@H](NC(=O)CCOCCn2nnc3c2-c2ccccc2CN(C(=O)CCNC(=O)CCOCCCC(=O)CCN2C(=O)C4C5C=CC(C5CCC[Si](C(C)C)(C(C)C)C(C)C)C4C2=O)c2ccccc2-3)C(C)C)cc1. The number of ketones is 1. The Labute approximate surface area is 754 Å². The maximum Gasteiger partial charge on any atom is 0.407 e. The molecule has 29 nitrogen and oxygen atoms in total. The van der Waals surface area contributed by atoms with Gasteiger partial charge in [-0.15, -0.1) is 5.10 Å². The van der Waals surface area contributed by atoms with E-state index in [0.29, 0.717) is 119 Å². The first kappa shape index (κ1) is 95.6. The Morgan fingerprint density at radius 2 is 1.40 bits per heavy atom.